The van der Waals surface area contributed by atoms with Crippen LogP contribution >= 0.6 is 0 Å². The van der Waals surface area contributed by atoms with E-state index in [9.17, 15) is 14.4 Å². The molecular formula is C55H94O6. The van der Waals surface area contributed by atoms with Crippen LogP contribution in [-0.4, -0.2) is 37.2 Å². The van der Waals surface area contributed by atoms with Gasteiger partial charge in [-0.2, -0.15) is 0 Å². The second kappa shape index (κ2) is 49.5. The lowest BCUT2D eigenvalue weighted by Gasteiger charge is -2.18. The third-order valence-electron chi connectivity index (χ3n) is 10.7. The number of esters is 3. The third kappa shape index (κ3) is 47.7. The molecule has 0 saturated heterocycles. The topological polar surface area (TPSA) is 78.9 Å². The zero-order chi connectivity index (χ0) is 44.4. The highest BCUT2D eigenvalue weighted by Gasteiger charge is 2.19. The number of hydrogen-bond acceptors (Lipinski definition) is 6. The molecule has 1 atom stereocenters. The Balaban J connectivity index is 4.21. The molecule has 0 saturated carbocycles. The Kier molecular flexibility index (Phi) is 46.9. The van der Waals surface area contributed by atoms with E-state index < -0.39 is 6.10 Å². The van der Waals surface area contributed by atoms with Crippen LogP contribution in [0.5, 0.6) is 0 Å². The van der Waals surface area contributed by atoms with E-state index in [0.29, 0.717) is 19.3 Å². The lowest BCUT2D eigenvalue weighted by Crippen LogP contribution is -2.30. The summed E-state index contributed by atoms with van der Waals surface area (Å²) in [5.74, 6) is -0.922. The molecule has 0 amide bonds. The van der Waals surface area contributed by atoms with Gasteiger partial charge in [-0.1, -0.05) is 203 Å². The summed E-state index contributed by atoms with van der Waals surface area (Å²) in [6.07, 6.45) is 62.0. The minimum Gasteiger partial charge on any atom is -0.462 e. The molecule has 0 heterocycles. The molecule has 0 aromatic rings. The van der Waals surface area contributed by atoms with Crippen LogP contribution < -0.4 is 0 Å². The maximum atomic E-state index is 12.7. The Bertz CT molecular complexity index is 1160. The highest BCUT2D eigenvalue weighted by molar-refractivity contribution is 5.71. The highest BCUT2D eigenvalue weighted by atomic mass is 16.6. The van der Waals surface area contributed by atoms with Gasteiger partial charge in [-0.3, -0.25) is 14.4 Å². The molecule has 0 spiro atoms. The van der Waals surface area contributed by atoms with E-state index >= 15 is 0 Å². The van der Waals surface area contributed by atoms with Crippen molar-refractivity contribution in [2.75, 3.05) is 13.2 Å². The zero-order valence-corrected chi connectivity index (χ0v) is 39.9. The van der Waals surface area contributed by atoms with E-state index in [1.54, 1.807) is 0 Å². The molecule has 0 aromatic heterocycles. The summed E-state index contributed by atoms with van der Waals surface area (Å²) in [6, 6.07) is 0. The van der Waals surface area contributed by atoms with Gasteiger partial charge in [-0.25, -0.2) is 0 Å². The molecule has 0 rings (SSSR count). The summed E-state index contributed by atoms with van der Waals surface area (Å²) in [7, 11) is 0. The van der Waals surface area contributed by atoms with E-state index in [-0.39, 0.29) is 31.1 Å². The van der Waals surface area contributed by atoms with Crippen molar-refractivity contribution in [1.29, 1.82) is 0 Å². The molecule has 0 aliphatic rings. The van der Waals surface area contributed by atoms with Crippen molar-refractivity contribution in [3.8, 4) is 0 Å². The minimum absolute atomic E-state index is 0.0851. The predicted molar refractivity (Wildman–Crippen MR) is 261 cm³/mol. The molecule has 6 nitrogen and oxygen atoms in total. The van der Waals surface area contributed by atoms with Crippen molar-refractivity contribution in [2.24, 2.45) is 0 Å². The number of allylic oxidation sites excluding steroid dienone is 12. The van der Waals surface area contributed by atoms with Gasteiger partial charge < -0.3 is 14.2 Å². The molecule has 1 unspecified atom stereocenters. The fourth-order valence-electron chi connectivity index (χ4n) is 6.87. The average molecular weight is 851 g/mol. The maximum Gasteiger partial charge on any atom is 0.306 e. The number of hydrogen-bond donors (Lipinski definition) is 0. The Hall–Kier alpha value is -3.15. The molecule has 0 bridgehead atoms. The van der Waals surface area contributed by atoms with E-state index in [1.165, 1.54) is 89.9 Å². The van der Waals surface area contributed by atoms with Crippen LogP contribution in [0.15, 0.2) is 72.9 Å². The van der Waals surface area contributed by atoms with Crippen molar-refractivity contribution in [3.63, 3.8) is 0 Å². The largest absolute Gasteiger partial charge is 0.462 e. The normalized spacial score (nSPS) is 12.6. The van der Waals surface area contributed by atoms with Crippen LogP contribution in [0.25, 0.3) is 0 Å². The predicted octanol–water partition coefficient (Wildman–Crippen LogP) is 16.6. The monoisotopic (exact) mass is 851 g/mol. The second-order valence-corrected chi connectivity index (χ2v) is 16.7. The molecule has 61 heavy (non-hydrogen) atoms. The standard InChI is InChI=1S/C55H94O6/c1-4-7-10-13-15-17-19-21-23-25-26-27-28-30-31-33-35-37-39-42-45-48-54(57)60-51-52(50-59-53(56)47-44-41-12-9-6-3)61-55(58)49-46-43-40-38-36-34-32-29-24-22-20-18-16-14-11-8-5-2/h8,11,16,18-19,21-22,24-26,28,30,52H,4-7,9-10,12-15,17,20,23,27,29,31-51H2,1-3H3/b11-8-,18-16-,21-19-,24-22-,26-25-,30-28-. The molecular weight excluding hydrogens is 757 g/mol. The lowest BCUT2D eigenvalue weighted by molar-refractivity contribution is -0.167. The van der Waals surface area contributed by atoms with Gasteiger partial charge in [0.05, 0.1) is 0 Å². The molecule has 0 aliphatic carbocycles. The number of unbranched alkanes of at least 4 members (excludes halogenated alkanes) is 22. The Morgan fingerprint density at radius 2 is 0.639 bits per heavy atom. The van der Waals surface area contributed by atoms with Crippen LogP contribution in [0, 0.1) is 0 Å². The highest BCUT2D eigenvalue weighted by Crippen LogP contribution is 2.14. The molecule has 350 valence electrons. The van der Waals surface area contributed by atoms with Gasteiger partial charge in [0.25, 0.3) is 0 Å². The summed E-state index contributed by atoms with van der Waals surface area (Å²) < 4.78 is 16.6. The first-order valence-electron chi connectivity index (χ1n) is 25.4. The van der Waals surface area contributed by atoms with Gasteiger partial charge in [0, 0.05) is 19.3 Å². The smallest absolute Gasteiger partial charge is 0.306 e. The first-order chi connectivity index (χ1) is 30.0. The minimum atomic E-state index is -0.782. The molecule has 0 aromatic carbocycles. The summed E-state index contributed by atoms with van der Waals surface area (Å²) in [5, 5.41) is 0. The third-order valence-corrected chi connectivity index (χ3v) is 10.7. The maximum absolute atomic E-state index is 12.7. The Morgan fingerprint density at radius 1 is 0.344 bits per heavy atom. The molecule has 6 heteroatoms. The first-order valence-corrected chi connectivity index (χ1v) is 25.4. The quantitative estimate of drug-likeness (QED) is 0.0263. The Morgan fingerprint density at radius 3 is 1.00 bits per heavy atom. The summed E-state index contributed by atoms with van der Waals surface area (Å²) in [5.41, 5.74) is 0. The number of carbonyl (C=O) groups excluding carboxylic acids is 3. The SMILES string of the molecule is CC/C=C\C/C=C\C/C=C\CCCCCCCCCC(=O)OC(COC(=O)CCCCCCC)COC(=O)CCCCCCCC/C=C\C/C=C\C/C=C\CCCCCCC. The molecule has 0 N–H and O–H groups in total. The van der Waals surface area contributed by atoms with E-state index in [4.69, 9.17) is 14.2 Å². The van der Waals surface area contributed by atoms with Crippen LogP contribution in [0.1, 0.15) is 239 Å². The summed E-state index contributed by atoms with van der Waals surface area (Å²) in [4.78, 5) is 37.7. The van der Waals surface area contributed by atoms with E-state index in [1.807, 2.05) is 0 Å². The van der Waals surface area contributed by atoms with Gasteiger partial charge >= 0.3 is 17.9 Å². The molecule has 0 radical (unpaired) electrons. The van der Waals surface area contributed by atoms with Crippen molar-refractivity contribution in [2.45, 2.75) is 245 Å². The zero-order valence-electron chi connectivity index (χ0n) is 39.9. The Labute approximate surface area is 376 Å². The van der Waals surface area contributed by atoms with E-state index in [2.05, 4.69) is 93.7 Å². The second-order valence-electron chi connectivity index (χ2n) is 16.7. The van der Waals surface area contributed by atoms with Crippen LogP contribution in [0.2, 0.25) is 0 Å². The van der Waals surface area contributed by atoms with Gasteiger partial charge in [0.15, 0.2) is 6.10 Å². The number of ether oxygens (including phenoxy) is 3. The number of carbonyl (C=O) groups is 3. The van der Waals surface area contributed by atoms with Crippen molar-refractivity contribution in [3.05, 3.63) is 72.9 Å². The average Bonchev–Trinajstić information content (AvgIpc) is 3.26. The van der Waals surface area contributed by atoms with Crippen molar-refractivity contribution in [1.82, 2.24) is 0 Å². The lowest BCUT2D eigenvalue weighted by atomic mass is 10.1. The van der Waals surface area contributed by atoms with Crippen molar-refractivity contribution >= 4 is 17.9 Å². The summed E-state index contributed by atoms with van der Waals surface area (Å²) in [6.45, 7) is 6.41. The summed E-state index contributed by atoms with van der Waals surface area (Å²) >= 11 is 0. The van der Waals surface area contributed by atoms with Crippen LogP contribution in [0.3, 0.4) is 0 Å². The molecule has 0 aliphatic heterocycles. The first kappa shape index (κ1) is 57.9. The molecule has 0 fully saturated rings. The van der Waals surface area contributed by atoms with Gasteiger partial charge in [0.1, 0.15) is 13.2 Å². The van der Waals surface area contributed by atoms with Gasteiger partial charge in [0.2, 0.25) is 0 Å². The van der Waals surface area contributed by atoms with Crippen molar-refractivity contribution < 1.29 is 28.6 Å². The van der Waals surface area contributed by atoms with Gasteiger partial charge in [-0.05, 0) is 89.9 Å². The van der Waals surface area contributed by atoms with E-state index in [0.717, 1.165) is 109 Å². The fraction of sp³-hybridized carbons (Fsp3) is 0.727. The number of rotatable bonds is 45. The van der Waals surface area contributed by atoms with Crippen LogP contribution in [0.4, 0.5) is 0 Å². The fourth-order valence-corrected chi connectivity index (χ4v) is 6.87. The van der Waals surface area contributed by atoms with Gasteiger partial charge in [-0.15, -0.1) is 0 Å². The van der Waals surface area contributed by atoms with Crippen LogP contribution in [-0.2, 0) is 28.6 Å².